The predicted molar refractivity (Wildman–Crippen MR) is 79.0 cm³/mol. The van der Waals surface area contributed by atoms with E-state index in [1.807, 2.05) is 6.07 Å². The quantitative estimate of drug-likeness (QED) is 0.582. The summed E-state index contributed by atoms with van der Waals surface area (Å²) < 4.78 is 1.11. The third-order valence-electron chi connectivity index (χ3n) is 2.27. The molecule has 2 nitrogen and oxygen atoms in total. The summed E-state index contributed by atoms with van der Waals surface area (Å²) in [5, 5.41) is 7.55. The monoisotopic (exact) mass is 352 g/mol. The standard InChI is InChI=1S/C12H18ClIN2/c1-2-15-6-3-7-16-9-10-4-5-12(14)11(13)8-10/h4-5,8,15-16H,2-3,6-7,9H2,1H3. The zero-order valence-electron chi connectivity index (χ0n) is 9.52. The molecule has 1 aromatic rings. The molecule has 0 aliphatic carbocycles. The summed E-state index contributed by atoms with van der Waals surface area (Å²) >= 11 is 8.29. The molecular weight excluding hydrogens is 335 g/mol. The molecule has 4 heteroatoms. The first-order chi connectivity index (χ1) is 7.74. The predicted octanol–water partition coefficient (Wildman–Crippen LogP) is 3.03. The van der Waals surface area contributed by atoms with Crippen molar-refractivity contribution in [2.24, 2.45) is 0 Å². The van der Waals surface area contributed by atoms with E-state index in [-0.39, 0.29) is 0 Å². The normalized spacial score (nSPS) is 10.7. The van der Waals surface area contributed by atoms with E-state index in [1.54, 1.807) is 0 Å². The van der Waals surface area contributed by atoms with E-state index in [1.165, 1.54) is 5.56 Å². The Morgan fingerprint density at radius 3 is 2.69 bits per heavy atom. The van der Waals surface area contributed by atoms with Gasteiger partial charge in [0, 0.05) is 10.1 Å². The van der Waals surface area contributed by atoms with E-state index in [4.69, 9.17) is 11.6 Å². The fourth-order valence-electron chi connectivity index (χ4n) is 1.40. The van der Waals surface area contributed by atoms with E-state index >= 15 is 0 Å². The van der Waals surface area contributed by atoms with Crippen molar-refractivity contribution in [3.63, 3.8) is 0 Å². The van der Waals surface area contributed by atoms with E-state index < -0.39 is 0 Å². The van der Waals surface area contributed by atoms with Gasteiger partial charge in [-0.15, -0.1) is 0 Å². The maximum Gasteiger partial charge on any atom is 0.0542 e. The van der Waals surface area contributed by atoms with Gasteiger partial charge in [-0.25, -0.2) is 0 Å². The lowest BCUT2D eigenvalue weighted by Crippen LogP contribution is -2.21. The molecule has 16 heavy (non-hydrogen) atoms. The molecule has 0 heterocycles. The molecule has 0 bridgehead atoms. The van der Waals surface area contributed by atoms with Crippen LogP contribution in [0.2, 0.25) is 5.02 Å². The number of halogens is 2. The summed E-state index contributed by atoms with van der Waals surface area (Å²) in [5.41, 5.74) is 1.24. The van der Waals surface area contributed by atoms with Crippen molar-refractivity contribution in [3.05, 3.63) is 32.4 Å². The Labute approximate surface area is 116 Å². The van der Waals surface area contributed by atoms with Crippen LogP contribution < -0.4 is 10.6 Å². The summed E-state index contributed by atoms with van der Waals surface area (Å²) in [6, 6.07) is 6.20. The van der Waals surface area contributed by atoms with Gasteiger partial charge in [-0.05, 0) is 66.3 Å². The van der Waals surface area contributed by atoms with Crippen molar-refractivity contribution in [2.45, 2.75) is 19.9 Å². The van der Waals surface area contributed by atoms with Gasteiger partial charge in [0.05, 0.1) is 5.02 Å². The summed E-state index contributed by atoms with van der Waals surface area (Å²) in [4.78, 5) is 0. The second-order valence-electron chi connectivity index (χ2n) is 3.63. The summed E-state index contributed by atoms with van der Waals surface area (Å²) in [6.07, 6.45) is 1.16. The first-order valence-electron chi connectivity index (χ1n) is 5.59. The van der Waals surface area contributed by atoms with Crippen LogP contribution in [0.25, 0.3) is 0 Å². The van der Waals surface area contributed by atoms with Crippen LogP contribution in [0.5, 0.6) is 0 Å². The van der Waals surface area contributed by atoms with E-state index in [9.17, 15) is 0 Å². The number of rotatable bonds is 7. The molecule has 90 valence electrons. The molecule has 0 fully saturated rings. The molecule has 0 aliphatic heterocycles. The van der Waals surface area contributed by atoms with Gasteiger partial charge < -0.3 is 10.6 Å². The van der Waals surface area contributed by atoms with Crippen molar-refractivity contribution < 1.29 is 0 Å². The van der Waals surface area contributed by atoms with Crippen LogP contribution in [0.4, 0.5) is 0 Å². The first-order valence-corrected chi connectivity index (χ1v) is 7.05. The summed E-state index contributed by atoms with van der Waals surface area (Å²) in [7, 11) is 0. The molecular formula is C12H18ClIN2. The van der Waals surface area contributed by atoms with Crippen molar-refractivity contribution in [1.29, 1.82) is 0 Å². The van der Waals surface area contributed by atoms with Crippen molar-refractivity contribution in [1.82, 2.24) is 10.6 Å². The van der Waals surface area contributed by atoms with Crippen LogP contribution >= 0.6 is 34.2 Å². The van der Waals surface area contributed by atoms with Crippen LogP contribution in [-0.4, -0.2) is 19.6 Å². The fraction of sp³-hybridized carbons (Fsp3) is 0.500. The third kappa shape index (κ3) is 5.48. The molecule has 0 aliphatic rings. The van der Waals surface area contributed by atoms with Crippen LogP contribution in [0.1, 0.15) is 18.9 Å². The highest BCUT2D eigenvalue weighted by molar-refractivity contribution is 14.1. The Morgan fingerprint density at radius 1 is 1.25 bits per heavy atom. The number of hydrogen-bond donors (Lipinski definition) is 2. The summed E-state index contributed by atoms with van der Waals surface area (Å²) in [6.45, 7) is 6.18. The third-order valence-corrected chi connectivity index (χ3v) is 3.84. The molecule has 1 rings (SSSR count). The topological polar surface area (TPSA) is 24.1 Å². The van der Waals surface area contributed by atoms with Gasteiger partial charge in [-0.2, -0.15) is 0 Å². The maximum atomic E-state index is 6.05. The fourth-order valence-corrected chi connectivity index (χ4v) is 1.94. The molecule has 2 N–H and O–H groups in total. The number of hydrogen-bond acceptors (Lipinski definition) is 2. The van der Waals surface area contributed by atoms with E-state index in [0.717, 1.165) is 41.2 Å². The summed E-state index contributed by atoms with van der Waals surface area (Å²) in [5.74, 6) is 0. The molecule has 0 unspecified atom stereocenters. The molecule has 0 saturated carbocycles. The van der Waals surface area contributed by atoms with Gasteiger partial charge in [-0.3, -0.25) is 0 Å². The van der Waals surface area contributed by atoms with E-state index in [2.05, 4.69) is 52.3 Å². The lowest BCUT2D eigenvalue weighted by molar-refractivity contribution is 0.606. The average molecular weight is 353 g/mol. The lowest BCUT2D eigenvalue weighted by atomic mass is 10.2. The molecule has 1 aromatic carbocycles. The van der Waals surface area contributed by atoms with Gasteiger partial charge in [0.15, 0.2) is 0 Å². The van der Waals surface area contributed by atoms with Gasteiger partial charge in [0.25, 0.3) is 0 Å². The lowest BCUT2D eigenvalue weighted by Gasteiger charge is -2.06. The Bertz CT molecular complexity index is 318. The second kappa shape index (κ2) is 8.28. The zero-order chi connectivity index (χ0) is 11.8. The number of benzene rings is 1. The van der Waals surface area contributed by atoms with Crippen molar-refractivity contribution >= 4 is 34.2 Å². The highest BCUT2D eigenvalue weighted by Gasteiger charge is 1.98. The maximum absolute atomic E-state index is 6.05. The second-order valence-corrected chi connectivity index (χ2v) is 5.20. The van der Waals surface area contributed by atoms with Gasteiger partial charge in [-0.1, -0.05) is 24.6 Å². The minimum atomic E-state index is 0.840. The minimum Gasteiger partial charge on any atom is -0.317 e. The average Bonchev–Trinajstić information content (AvgIpc) is 2.28. The van der Waals surface area contributed by atoms with Crippen LogP contribution in [-0.2, 0) is 6.54 Å². The van der Waals surface area contributed by atoms with E-state index in [0.29, 0.717) is 0 Å². The molecule has 0 saturated heterocycles. The van der Waals surface area contributed by atoms with Gasteiger partial charge in [0.1, 0.15) is 0 Å². The zero-order valence-corrected chi connectivity index (χ0v) is 12.4. The first kappa shape index (κ1) is 14.2. The SMILES string of the molecule is CCNCCCNCc1ccc(I)c(Cl)c1. The van der Waals surface area contributed by atoms with Crippen molar-refractivity contribution in [2.75, 3.05) is 19.6 Å². The van der Waals surface area contributed by atoms with Crippen LogP contribution in [0, 0.1) is 3.57 Å². The minimum absolute atomic E-state index is 0.840. The molecule has 0 spiro atoms. The van der Waals surface area contributed by atoms with Crippen LogP contribution in [0.15, 0.2) is 18.2 Å². The van der Waals surface area contributed by atoms with Gasteiger partial charge >= 0.3 is 0 Å². The smallest absolute Gasteiger partial charge is 0.0542 e. The largest absolute Gasteiger partial charge is 0.317 e. The molecule has 0 amide bonds. The Hall–Kier alpha value is 0.160. The van der Waals surface area contributed by atoms with Crippen molar-refractivity contribution in [3.8, 4) is 0 Å². The number of nitrogens with one attached hydrogen (secondary N) is 2. The van der Waals surface area contributed by atoms with Gasteiger partial charge in [0.2, 0.25) is 0 Å². The molecule has 0 atom stereocenters. The Kier molecular flexibility index (Phi) is 7.36. The highest BCUT2D eigenvalue weighted by atomic mass is 127. The molecule has 0 radical (unpaired) electrons. The molecule has 0 aromatic heterocycles. The highest BCUT2D eigenvalue weighted by Crippen LogP contribution is 2.19. The Morgan fingerprint density at radius 2 is 2.00 bits per heavy atom. The Balaban J connectivity index is 2.19. The van der Waals surface area contributed by atoms with Crippen LogP contribution in [0.3, 0.4) is 0 Å².